The van der Waals surface area contributed by atoms with Crippen molar-refractivity contribution in [2.24, 2.45) is 0 Å². The number of aromatic nitrogens is 2. The molecule has 1 aliphatic carbocycles. The molecule has 5 nitrogen and oxygen atoms in total. The first-order chi connectivity index (χ1) is 10.4. The molecular formula is C14H17ClF2N4O. The van der Waals surface area contributed by atoms with Gasteiger partial charge in [-0.25, -0.2) is 13.8 Å². The first-order valence-corrected chi connectivity index (χ1v) is 7.73. The van der Waals surface area contributed by atoms with E-state index in [0.29, 0.717) is 24.3 Å². The third-order valence-corrected chi connectivity index (χ3v) is 4.60. The third-order valence-electron chi connectivity index (χ3n) is 4.41. The molecule has 120 valence electrons. The molecule has 1 N–H and O–H groups in total. The fourth-order valence-electron chi connectivity index (χ4n) is 3.44. The topological polar surface area (TPSA) is 58.1 Å². The number of hydrogen-bond donors (Lipinski definition) is 1. The minimum absolute atomic E-state index is 0.0645. The van der Waals surface area contributed by atoms with Crippen LogP contribution in [-0.2, 0) is 4.79 Å². The van der Waals surface area contributed by atoms with Crippen LogP contribution in [0.5, 0.6) is 0 Å². The van der Waals surface area contributed by atoms with E-state index in [4.69, 9.17) is 11.6 Å². The van der Waals surface area contributed by atoms with Crippen LogP contribution >= 0.6 is 11.6 Å². The summed E-state index contributed by atoms with van der Waals surface area (Å²) in [5.74, 6) is -2.16. The lowest BCUT2D eigenvalue weighted by molar-refractivity contribution is -0.108. The number of nitrogens with one attached hydrogen (secondary N) is 1. The van der Waals surface area contributed by atoms with E-state index >= 15 is 0 Å². The highest BCUT2D eigenvalue weighted by molar-refractivity contribution is 6.28. The van der Waals surface area contributed by atoms with Crippen molar-refractivity contribution < 1.29 is 13.6 Å². The number of carbonyl (C=O) groups is 1. The molecule has 22 heavy (non-hydrogen) atoms. The Morgan fingerprint density at radius 2 is 2.36 bits per heavy atom. The maximum atomic E-state index is 13.6. The number of rotatable bonds is 3. The highest BCUT2D eigenvalue weighted by Crippen LogP contribution is 2.43. The summed E-state index contributed by atoms with van der Waals surface area (Å²) in [6.45, 7) is 1.93. The molecule has 1 saturated carbocycles. The lowest BCUT2D eigenvalue weighted by atomic mass is 9.98. The molecule has 0 saturated heterocycles. The predicted molar refractivity (Wildman–Crippen MR) is 79.7 cm³/mol. The fourth-order valence-corrected chi connectivity index (χ4v) is 3.57. The van der Waals surface area contributed by atoms with Crippen LogP contribution in [0.15, 0.2) is 6.20 Å². The van der Waals surface area contributed by atoms with Crippen LogP contribution in [-0.4, -0.2) is 40.3 Å². The average molecular weight is 331 g/mol. The monoisotopic (exact) mass is 330 g/mol. The highest BCUT2D eigenvalue weighted by atomic mass is 35.5. The molecule has 2 aliphatic rings. The van der Waals surface area contributed by atoms with E-state index < -0.39 is 12.0 Å². The molecule has 3 atom stereocenters. The van der Waals surface area contributed by atoms with Crippen molar-refractivity contribution >= 4 is 29.4 Å². The summed E-state index contributed by atoms with van der Waals surface area (Å²) in [4.78, 5) is 21.4. The van der Waals surface area contributed by atoms with Gasteiger partial charge in [-0.05, 0) is 24.4 Å². The number of hydrogen-bond acceptors (Lipinski definition) is 5. The number of halogens is 3. The van der Waals surface area contributed by atoms with Crippen molar-refractivity contribution in [1.82, 2.24) is 9.97 Å². The van der Waals surface area contributed by atoms with Gasteiger partial charge < -0.3 is 15.0 Å². The molecule has 2 heterocycles. The molecule has 0 radical (unpaired) electrons. The van der Waals surface area contributed by atoms with E-state index in [2.05, 4.69) is 15.3 Å². The van der Waals surface area contributed by atoms with Crippen LogP contribution in [0.1, 0.15) is 32.6 Å². The Hall–Kier alpha value is -1.50. The minimum Gasteiger partial charge on any atom is -0.370 e. The zero-order valence-corrected chi connectivity index (χ0v) is 12.9. The van der Waals surface area contributed by atoms with Crippen molar-refractivity contribution in [3.8, 4) is 0 Å². The Kier molecular flexibility index (Phi) is 3.92. The summed E-state index contributed by atoms with van der Waals surface area (Å²) < 4.78 is 27.3. The SMILES string of the molecule is CCC1C(C=O)Nc2cnc(Cl)nc2N1[C@@H]1CCC(F)(F)C1. The van der Waals surface area contributed by atoms with Gasteiger partial charge in [0, 0.05) is 18.9 Å². The zero-order chi connectivity index (χ0) is 15.9. The van der Waals surface area contributed by atoms with Crippen molar-refractivity contribution in [2.75, 3.05) is 10.2 Å². The fraction of sp³-hybridized carbons (Fsp3) is 0.643. The Morgan fingerprint density at radius 3 is 2.95 bits per heavy atom. The molecular weight excluding hydrogens is 314 g/mol. The van der Waals surface area contributed by atoms with Crippen LogP contribution in [0.3, 0.4) is 0 Å². The highest BCUT2D eigenvalue weighted by Gasteiger charge is 2.46. The van der Waals surface area contributed by atoms with Crippen molar-refractivity contribution in [1.29, 1.82) is 0 Å². The minimum atomic E-state index is -2.67. The molecule has 8 heteroatoms. The average Bonchev–Trinajstić information content (AvgIpc) is 2.84. The Bertz CT molecular complexity index is 586. The maximum Gasteiger partial charge on any atom is 0.250 e. The molecule has 1 fully saturated rings. The predicted octanol–water partition coefficient (Wildman–Crippen LogP) is 2.90. The summed E-state index contributed by atoms with van der Waals surface area (Å²) >= 11 is 5.87. The van der Waals surface area contributed by atoms with Crippen LogP contribution in [0.2, 0.25) is 5.28 Å². The first kappa shape index (κ1) is 15.4. The molecule has 1 aromatic heterocycles. The smallest absolute Gasteiger partial charge is 0.250 e. The summed E-state index contributed by atoms with van der Waals surface area (Å²) in [6.07, 6.45) is 2.95. The summed E-state index contributed by atoms with van der Waals surface area (Å²) in [7, 11) is 0. The summed E-state index contributed by atoms with van der Waals surface area (Å²) in [5.41, 5.74) is 0.557. The Labute approximate surface area is 132 Å². The van der Waals surface area contributed by atoms with E-state index in [-0.39, 0.29) is 30.2 Å². The van der Waals surface area contributed by atoms with Crippen molar-refractivity contribution in [3.05, 3.63) is 11.5 Å². The normalized spacial score (nSPS) is 29.8. The second kappa shape index (κ2) is 5.61. The van der Waals surface area contributed by atoms with E-state index in [9.17, 15) is 13.6 Å². The van der Waals surface area contributed by atoms with Gasteiger partial charge in [-0.3, -0.25) is 0 Å². The largest absolute Gasteiger partial charge is 0.370 e. The van der Waals surface area contributed by atoms with Gasteiger partial charge in [-0.15, -0.1) is 0 Å². The van der Waals surface area contributed by atoms with Crippen LogP contribution in [0.25, 0.3) is 0 Å². The van der Waals surface area contributed by atoms with Crippen LogP contribution in [0, 0.1) is 0 Å². The van der Waals surface area contributed by atoms with Gasteiger partial charge in [0.15, 0.2) is 5.82 Å². The number of fused-ring (bicyclic) bond motifs is 1. The third kappa shape index (κ3) is 2.62. The van der Waals surface area contributed by atoms with E-state index in [0.717, 1.165) is 6.29 Å². The van der Waals surface area contributed by atoms with Crippen molar-refractivity contribution in [2.45, 2.75) is 56.7 Å². The van der Waals surface area contributed by atoms with Crippen molar-refractivity contribution in [3.63, 3.8) is 0 Å². The second-order valence-electron chi connectivity index (χ2n) is 5.82. The van der Waals surface area contributed by atoms with Gasteiger partial charge in [0.1, 0.15) is 12.3 Å². The number of nitrogens with zero attached hydrogens (tertiary/aromatic N) is 3. The molecule has 1 aliphatic heterocycles. The van der Waals surface area contributed by atoms with Gasteiger partial charge in [-0.1, -0.05) is 6.92 Å². The Balaban J connectivity index is 2.03. The number of anilines is 2. The van der Waals surface area contributed by atoms with E-state index in [1.165, 1.54) is 6.20 Å². The molecule has 0 spiro atoms. The lowest BCUT2D eigenvalue weighted by Gasteiger charge is -2.44. The van der Waals surface area contributed by atoms with Gasteiger partial charge in [-0.2, -0.15) is 4.98 Å². The molecule has 1 aromatic rings. The zero-order valence-electron chi connectivity index (χ0n) is 12.1. The molecule has 0 bridgehead atoms. The quantitative estimate of drug-likeness (QED) is 0.682. The van der Waals surface area contributed by atoms with Gasteiger partial charge in [0.2, 0.25) is 11.2 Å². The second-order valence-corrected chi connectivity index (χ2v) is 6.16. The molecule has 2 unspecified atom stereocenters. The first-order valence-electron chi connectivity index (χ1n) is 7.35. The summed E-state index contributed by atoms with van der Waals surface area (Å²) in [5, 5.41) is 3.13. The summed E-state index contributed by atoms with van der Waals surface area (Å²) in [6, 6.07) is -1.06. The molecule has 0 aromatic carbocycles. The number of aldehydes is 1. The van der Waals surface area contributed by atoms with Crippen LogP contribution in [0.4, 0.5) is 20.3 Å². The number of alkyl halides is 2. The molecule has 0 amide bonds. The maximum absolute atomic E-state index is 13.6. The molecule has 3 rings (SSSR count). The van der Waals surface area contributed by atoms with Gasteiger partial charge >= 0.3 is 0 Å². The number of carbonyl (C=O) groups excluding carboxylic acids is 1. The Morgan fingerprint density at radius 1 is 1.59 bits per heavy atom. The van der Waals surface area contributed by atoms with Gasteiger partial charge in [0.05, 0.1) is 17.9 Å². The van der Waals surface area contributed by atoms with E-state index in [1.54, 1.807) is 0 Å². The lowest BCUT2D eigenvalue weighted by Crippen LogP contribution is -2.55. The van der Waals surface area contributed by atoms with E-state index in [1.807, 2.05) is 11.8 Å². The van der Waals surface area contributed by atoms with Gasteiger partial charge in [0.25, 0.3) is 0 Å². The standard InChI is InChI=1S/C14H17ClF2N4O/c1-2-11-10(7-22)19-9-6-18-13(15)20-12(9)21(11)8-3-4-14(16,17)5-8/h6-8,10-11,19H,2-5H2,1H3/t8-,10?,11?/m1/s1. The van der Waals surface area contributed by atoms with Crippen LogP contribution < -0.4 is 10.2 Å².